The smallest absolute Gasteiger partial charge is 0.260 e. The average Bonchev–Trinajstić information content (AvgIpc) is 3.30. The summed E-state index contributed by atoms with van der Waals surface area (Å²) in [5.41, 5.74) is 4.82. The number of hydrogen-bond acceptors (Lipinski definition) is 3. The number of halogens is 1. The third kappa shape index (κ3) is 4.89. The largest absolute Gasteiger partial charge is 0.439 e. The Labute approximate surface area is 226 Å². The fraction of sp³-hybridized carbons (Fsp3) is 0.188. The first kappa shape index (κ1) is 24.8. The lowest BCUT2D eigenvalue weighted by Gasteiger charge is -2.25. The lowest BCUT2D eigenvalue weighted by molar-refractivity contribution is -0.661. The highest BCUT2D eigenvalue weighted by Gasteiger charge is 2.31. The molecule has 0 aliphatic carbocycles. The summed E-state index contributed by atoms with van der Waals surface area (Å²) in [7, 11) is 0. The number of amides is 1. The summed E-state index contributed by atoms with van der Waals surface area (Å²) >= 11 is 0. The van der Waals surface area contributed by atoms with Crippen molar-refractivity contribution >= 4 is 16.8 Å². The molecule has 196 valence electrons. The van der Waals surface area contributed by atoms with Crippen molar-refractivity contribution in [3.63, 3.8) is 0 Å². The molecule has 6 rings (SSSR count). The Morgan fingerprint density at radius 3 is 2.44 bits per heavy atom. The van der Waals surface area contributed by atoms with Crippen LogP contribution >= 0.6 is 0 Å². The third-order valence-corrected chi connectivity index (χ3v) is 7.20. The number of nitrogens with two attached hydrogens (primary N) is 1. The minimum absolute atomic E-state index is 0.0938. The molecule has 1 aliphatic rings. The summed E-state index contributed by atoms with van der Waals surface area (Å²) in [6.45, 7) is 4.87. The number of fused-ring (bicyclic) bond motifs is 1. The van der Waals surface area contributed by atoms with E-state index in [1.54, 1.807) is 12.3 Å². The number of ether oxygens (including phenoxy) is 1. The quantitative estimate of drug-likeness (QED) is 0.347. The zero-order chi connectivity index (χ0) is 26.8. The van der Waals surface area contributed by atoms with Gasteiger partial charge in [-0.1, -0.05) is 54.6 Å². The Hall–Kier alpha value is -4.49. The fourth-order valence-corrected chi connectivity index (χ4v) is 5.22. The number of pyridine rings is 1. The Bertz CT molecular complexity index is 1630. The van der Waals surface area contributed by atoms with Crippen molar-refractivity contribution < 1.29 is 19.2 Å². The van der Waals surface area contributed by atoms with Crippen LogP contribution in [0.25, 0.3) is 16.6 Å². The summed E-state index contributed by atoms with van der Waals surface area (Å²) in [6, 6.07) is 26.3. The van der Waals surface area contributed by atoms with E-state index in [9.17, 15) is 9.18 Å². The van der Waals surface area contributed by atoms with Crippen LogP contribution in [0.2, 0.25) is 0 Å². The molecule has 2 aromatic heterocycles. The molecule has 0 radical (unpaired) electrons. The number of carbonyl (C=O) groups excluding carboxylic acids is 1. The van der Waals surface area contributed by atoms with E-state index >= 15 is 0 Å². The van der Waals surface area contributed by atoms with Gasteiger partial charge in [0.25, 0.3) is 5.91 Å². The molecular formula is C32H30FN4O2+. The molecule has 2 N–H and O–H groups in total. The Morgan fingerprint density at radius 1 is 0.974 bits per heavy atom. The highest BCUT2D eigenvalue weighted by atomic mass is 19.1. The third-order valence-electron chi connectivity index (χ3n) is 7.20. The molecule has 0 spiro atoms. The van der Waals surface area contributed by atoms with E-state index in [-0.39, 0.29) is 5.91 Å². The molecule has 0 unspecified atom stereocenters. The van der Waals surface area contributed by atoms with Crippen LogP contribution in [-0.2, 0) is 6.42 Å². The molecule has 39 heavy (non-hydrogen) atoms. The normalized spacial score (nSPS) is 13.5. The lowest BCUT2D eigenvalue weighted by Crippen LogP contribution is -2.89. The number of piperazine rings is 1. The van der Waals surface area contributed by atoms with Gasteiger partial charge in [-0.3, -0.25) is 14.3 Å². The van der Waals surface area contributed by atoms with Crippen molar-refractivity contribution in [1.29, 1.82) is 0 Å². The van der Waals surface area contributed by atoms with Crippen molar-refractivity contribution in [3.8, 4) is 17.3 Å². The van der Waals surface area contributed by atoms with Gasteiger partial charge in [-0.05, 0) is 42.3 Å². The fourth-order valence-electron chi connectivity index (χ4n) is 5.22. The summed E-state index contributed by atoms with van der Waals surface area (Å²) in [6.07, 6.45) is 2.34. The van der Waals surface area contributed by atoms with E-state index in [2.05, 4.69) is 17.4 Å². The van der Waals surface area contributed by atoms with Crippen LogP contribution in [-0.4, -0.2) is 46.5 Å². The number of aryl methyl sites for hydroxylation is 1. The van der Waals surface area contributed by atoms with Gasteiger partial charge in [0.1, 0.15) is 17.1 Å². The van der Waals surface area contributed by atoms with Crippen LogP contribution in [0.5, 0.6) is 11.6 Å². The second-order valence-electron chi connectivity index (χ2n) is 9.84. The molecule has 3 aromatic carbocycles. The number of aromatic nitrogens is 2. The topological polar surface area (TPSA) is 64.0 Å². The molecule has 7 heteroatoms. The van der Waals surface area contributed by atoms with Crippen LogP contribution < -0.4 is 10.1 Å². The van der Waals surface area contributed by atoms with E-state index in [4.69, 9.17) is 9.72 Å². The molecule has 1 saturated heterocycles. The van der Waals surface area contributed by atoms with Crippen LogP contribution in [0.15, 0.2) is 91.1 Å². The zero-order valence-corrected chi connectivity index (χ0v) is 21.8. The summed E-state index contributed by atoms with van der Waals surface area (Å²) in [5.74, 6) is 0.243. The van der Waals surface area contributed by atoms with E-state index in [0.717, 1.165) is 46.5 Å². The van der Waals surface area contributed by atoms with Gasteiger partial charge >= 0.3 is 0 Å². The first-order chi connectivity index (χ1) is 19.1. The first-order valence-electron chi connectivity index (χ1n) is 13.3. The van der Waals surface area contributed by atoms with Gasteiger partial charge in [-0.2, -0.15) is 0 Å². The second kappa shape index (κ2) is 10.7. The van der Waals surface area contributed by atoms with Crippen molar-refractivity contribution in [2.45, 2.75) is 13.3 Å². The molecule has 3 heterocycles. The van der Waals surface area contributed by atoms with Crippen molar-refractivity contribution in [2.24, 2.45) is 0 Å². The molecule has 6 nitrogen and oxygen atoms in total. The maximum atomic E-state index is 14.4. The molecule has 0 atom stereocenters. The maximum Gasteiger partial charge on any atom is 0.260 e. The minimum Gasteiger partial charge on any atom is -0.439 e. The number of quaternary nitrogens is 1. The molecule has 1 fully saturated rings. The van der Waals surface area contributed by atoms with Gasteiger partial charge in [0.2, 0.25) is 5.88 Å². The molecular weight excluding hydrogens is 491 g/mol. The van der Waals surface area contributed by atoms with E-state index in [1.165, 1.54) is 12.1 Å². The SMILES string of the molecule is Cc1ccc(F)cc1Oc1c(C(=O)N2CC[NH2+]CC2)c2ccnc(Cc3ccccc3)c2n1-c1ccccc1. The van der Waals surface area contributed by atoms with Crippen molar-refractivity contribution in [2.75, 3.05) is 26.2 Å². The van der Waals surface area contributed by atoms with Gasteiger partial charge in [0.15, 0.2) is 0 Å². The van der Waals surface area contributed by atoms with Crippen LogP contribution in [0.1, 0.15) is 27.2 Å². The van der Waals surface area contributed by atoms with Gasteiger partial charge in [0.05, 0.1) is 37.4 Å². The van der Waals surface area contributed by atoms with Crippen molar-refractivity contribution in [3.05, 3.63) is 119 Å². The van der Waals surface area contributed by atoms with E-state index in [0.29, 0.717) is 36.7 Å². The van der Waals surface area contributed by atoms with E-state index < -0.39 is 5.82 Å². The minimum atomic E-state index is -0.399. The maximum absolute atomic E-state index is 14.4. The van der Waals surface area contributed by atoms with Crippen LogP contribution in [0.3, 0.4) is 0 Å². The van der Waals surface area contributed by atoms with Gasteiger partial charge in [-0.15, -0.1) is 0 Å². The van der Waals surface area contributed by atoms with Gasteiger partial charge in [0, 0.05) is 29.8 Å². The van der Waals surface area contributed by atoms with Gasteiger partial charge in [-0.25, -0.2) is 4.39 Å². The number of benzene rings is 3. The summed E-state index contributed by atoms with van der Waals surface area (Å²) < 4.78 is 22.9. The van der Waals surface area contributed by atoms with Crippen LogP contribution in [0.4, 0.5) is 4.39 Å². The predicted molar refractivity (Wildman–Crippen MR) is 149 cm³/mol. The monoisotopic (exact) mass is 521 g/mol. The standard InChI is InChI=1S/C32H29FN4O2/c1-22-12-13-24(33)21-28(22)39-32-29(31(38)36-18-16-34-17-19-36)26-14-15-35-27(20-23-8-4-2-5-9-23)30(26)37(32)25-10-6-3-7-11-25/h2-15,21,34H,16-20H2,1H3/p+1. The lowest BCUT2D eigenvalue weighted by atomic mass is 10.1. The highest BCUT2D eigenvalue weighted by Crippen LogP contribution is 2.40. The molecule has 0 saturated carbocycles. The number of carbonyl (C=O) groups is 1. The molecule has 5 aromatic rings. The number of rotatable bonds is 6. The second-order valence-corrected chi connectivity index (χ2v) is 9.84. The van der Waals surface area contributed by atoms with Crippen molar-refractivity contribution in [1.82, 2.24) is 14.5 Å². The average molecular weight is 522 g/mol. The zero-order valence-electron chi connectivity index (χ0n) is 21.8. The van der Waals surface area contributed by atoms with E-state index in [1.807, 2.05) is 71.0 Å². The summed E-state index contributed by atoms with van der Waals surface area (Å²) in [5, 5.41) is 2.98. The number of para-hydroxylation sites is 1. The summed E-state index contributed by atoms with van der Waals surface area (Å²) in [4.78, 5) is 20.9. The Morgan fingerprint density at radius 2 is 1.69 bits per heavy atom. The van der Waals surface area contributed by atoms with Gasteiger partial charge < -0.3 is 15.0 Å². The Balaban J connectivity index is 1.64. The highest BCUT2D eigenvalue weighted by molar-refractivity contribution is 6.11. The van der Waals surface area contributed by atoms with Crippen LogP contribution in [0, 0.1) is 12.7 Å². The number of nitrogens with zero attached hydrogens (tertiary/aromatic N) is 3. The molecule has 1 aliphatic heterocycles. The number of hydrogen-bond donors (Lipinski definition) is 1. The molecule has 0 bridgehead atoms. The molecule has 1 amide bonds. The Kier molecular flexibility index (Phi) is 6.82. The first-order valence-corrected chi connectivity index (χ1v) is 13.3. The predicted octanol–water partition coefficient (Wildman–Crippen LogP) is 4.88.